The Balaban J connectivity index is 2.31. The van der Waals surface area contributed by atoms with E-state index in [2.05, 4.69) is 16.0 Å². The number of aromatic nitrogens is 1. The predicted molar refractivity (Wildman–Crippen MR) is 82.6 cm³/mol. The smallest absolute Gasteiger partial charge is 0.162 e. The Labute approximate surface area is 124 Å². The van der Waals surface area contributed by atoms with E-state index in [0.717, 1.165) is 42.7 Å². The Hall–Kier alpha value is -2.41. The molecule has 0 atom stereocenters. The van der Waals surface area contributed by atoms with E-state index >= 15 is 0 Å². The van der Waals surface area contributed by atoms with Gasteiger partial charge < -0.3 is 4.90 Å². The summed E-state index contributed by atoms with van der Waals surface area (Å²) in [6.45, 7) is 5.40. The molecule has 0 N–H and O–H groups in total. The minimum atomic E-state index is -0.0151. The second-order valence-electron chi connectivity index (χ2n) is 5.60. The first-order valence-electron chi connectivity index (χ1n) is 7.21. The van der Waals surface area contributed by atoms with Crippen LogP contribution in [-0.4, -0.2) is 23.9 Å². The highest BCUT2D eigenvalue weighted by atomic mass is 16.1. The number of anilines is 1. The van der Waals surface area contributed by atoms with Crippen molar-refractivity contribution in [3.05, 3.63) is 34.9 Å². The van der Waals surface area contributed by atoms with Gasteiger partial charge in [0.25, 0.3) is 0 Å². The molecule has 1 aliphatic heterocycles. The number of nitriles is 1. The predicted octanol–water partition coefficient (Wildman–Crippen LogP) is 3.22. The standard InChI is InChI=1S/C17H17N3O/c1-11-7-14(12(2)21)17-15(8-11)13(10-18)9-16(19-17)20-5-3-4-6-20/h7-9H,3-6H2,1-2H3. The van der Waals surface area contributed by atoms with Crippen LogP contribution in [0.5, 0.6) is 0 Å². The minimum absolute atomic E-state index is 0.0151. The van der Waals surface area contributed by atoms with E-state index in [1.165, 1.54) is 0 Å². The lowest BCUT2D eigenvalue weighted by Gasteiger charge is -2.18. The van der Waals surface area contributed by atoms with Gasteiger partial charge in [-0.1, -0.05) is 0 Å². The lowest BCUT2D eigenvalue weighted by atomic mass is 10.00. The highest BCUT2D eigenvalue weighted by Crippen LogP contribution is 2.28. The number of fused-ring (bicyclic) bond motifs is 1. The number of rotatable bonds is 2. The van der Waals surface area contributed by atoms with Gasteiger partial charge in [0, 0.05) is 24.0 Å². The maximum atomic E-state index is 11.9. The van der Waals surface area contributed by atoms with Crippen LogP contribution in [0.3, 0.4) is 0 Å². The topological polar surface area (TPSA) is 57.0 Å². The van der Waals surface area contributed by atoms with Crippen molar-refractivity contribution in [2.75, 3.05) is 18.0 Å². The van der Waals surface area contributed by atoms with Crippen molar-refractivity contribution in [2.45, 2.75) is 26.7 Å². The third-order valence-electron chi connectivity index (χ3n) is 3.97. The van der Waals surface area contributed by atoms with Crippen molar-refractivity contribution in [1.82, 2.24) is 4.98 Å². The molecule has 4 nitrogen and oxygen atoms in total. The van der Waals surface area contributed by atoms with Crippen molar-refractivity contribution in [1.29, 1.82) is 5.26 Å². The average Bonchev–Trinajstić information content (AvgIpc) is 2.99. The molecular weight excluding hydrogens is 262 g/mol. The molecule has 0 radical (unpaired) electrons. The van der Waals surface area contributed by atoms with Crippen molar-refractivity contribution < 1.29 is 4.79 Å². The number of carbonyl (C=O) groups is 1. The van der Waals surface area contributed by atoms with Crippen LogP contribution in [-0.2, 0) is 0 Å². The Bertz CT molecular complexity index is 768. The molecule has 3 rings (SSSR count). The molecule has 0 spiro atoms. The van der Waals surface area contributed by atoms with Gasteiger partial charge >= 0.3 is 0 Å². The van der Waals surface area contributed by atoms with Gasteiger partial charge in [-0.2, -0.15) is 5.26 Å². The van der Waals surface area contributed by atoms with E-state index in [-0.39, 0.29) is 5.78 Å². The van der Waals surface area contributed by atoms with Crippen molar-refractivity contribution in [3.63, 3.8) is 0 Å². The highest BCUT2D eigenvalue weighted by molar-refractivity contribution is 6.07. The van der Waals surface area contributed by atoms with Crippen LogP contribution in [0.15, 0.2) is 18.2 Å². The molecule has 4 heteroatoms. The van der Waals surface area contributed by atoms with E-state index < -0.39 is 0 Å². The molecule has 1 aromatic carbocycles. The number of hydrogen-bond donors (Lipinski definition) is 0. The number of ketones is 1. The first kappa shape index (κ1) is 13.6. The molecule has 2 heterocycles. The number of aryl methyl sites for hydroxylation is 1. The number of carbonyl (C=O) groups excluding carboxylic acids is 1. The van der Waals surface area contributed by atoms with Crippen LogP contribution in [0.1, 0.15) is 41.3 Å². The Morgan fingerprint density at radius 1 is 1.29 bits per heavy atom. The normalized spacial score (nSPS) is 14.4. The summed E-state index contributed by atoms with van der Waals surface area (Å²) in [5.74, 6) is 0.793. The summed E-state index contributed by atoms with van der Waals surface area (Å²) in [4.78, 5) is 18.8. The monoisotopic (exact) mass is 279 g/mol. The van der Waals surface area contributed by atoms with Crippen LogP contribution in [0.2, 0.25) is 0 Å². The van der Waals surface area contributed by atoms with Gasteiger partial charge in [0.15, 0.2) is 5.78 Å². The maximum Gasteiger partial charge on any atom is 0.162 e. The molecule has 0 bridgehead atoms. The fourth-order valence-corrected chi connectivity index (χ4v) is 2.93. The van der Waals surface area contributed by atoms with Gasteiger partial charge in [0.2, 0.25) is 0 Å². The molecule has 0 aliphatic carbocycles. The second-order valence-corrected chi connectivity index (χ2v) is 5.60. The second kappa shape index (κ2) is 5.17. The first-order valence-corrected chi connectivity index (χ1v) is 7.21. The molecule has 1 aliphatic rings. The SMILES string of the molecule is CC(=O)c1cc(C)cc2c(C#N)cc(N3CCCC3)nc12. The van der Waals surface area contributed by atoms with Gasteiger partial charge in [-0.25, -0.2) is 4.98 Å². The minimum Gasteiger partial charge on any atom is -0.357 e. The zero-order valence-electron chi connectivity index (χ0n) is 12.3. The average molecular weight is 279 g/mol. The molecule has 1 saturated heterocycles. The Morgan fingerprint density at radius 3 is 2.62 bits per heavy atom. The van der Waals surface area contributed by atoms with Gasteiger partial charge in [0.1, 0.15) is 5.82 Å². The quantitative estimate of drug-likeness (QED) is 0.792. The molecule has 0 saturated carbocycles. The highest BCUT2D eigenvalue weighted by Gasteiger charge is 2.18. The molecule has 21 heavy (non-hydrogen) atoms. The molecule has 2 aromatic rings. The summed E-state index contributed by atoms with van der Waals surface area (Å²) in [6.07, 6.45) is 2.30. The molecule has 0 amide bonds. The summed E-state index contributed by atoms with van der Waals surface area (Å²) < 4.78 is 0. The zero-order chi connectivity index (χ0) is 15.0. The van der Waals surface area contributed by atoms with Crippen LogP contribution < -0.4 is 4.90 Å². The van der Waals surface area contributed by atoms with E-state index in [0.29, 0.717) is 16.6 Å². The number of pyridine rings is 1. The summed E-state index contributed by atoms with van der Waals surface area (Å²) in [5.41, 5.74) is 2.81. The molecule has 1 fully saturated rings. The fourth-order valence-electron chi connectivity index (χ4n) is 2.93. The van der Waals surface area contributed by atoms with Crippen LogP contribution in [0, 0.1) is 18.3 Å². The number of hydrogen-bond acceptors (Lipinski definition) is 4. The lowest BCUT2D eigenvalue weighted by molar-refractivity contribution is 0.101. The summed E-state index contributed by atoms with van der Waals surface area (Å²) in [5, 5.41) is 10.2. The largest absolute Gasteiger partial charge is 0.357 e. The van der Waals surface area contributed by atoms with Gasteiger partial charge in [-0.05, 0) is 50.5 Å². The van der Waals surface area contributed by atoms with Crippen LogP contribution >= 0.6 is 0 Å². The summed E-state index contributed by atoms with van der Waals surface area (Å²) >= 11 is 0. The molecule has 0 unspecified atom stereocenters. The van der Waals surface area contributed by atoms with E-state index in [1.807, 2.05) is 25.1 Å². The maximum absolute atomic E-state index is 11.9. The Kier molecular flexibility index (Phi) is 3.34. The fraction of sp³-hybridized carbons (Fsp3) is 0.353. The number of benzene rings is 1. The van der Waals surface area contributed by atoms with Crippen molar-refractivity contribution in [2.24, 2.45) is 0 Å². The molecular formula is C17H17N3O. The third kappa shape index (κ3) is 2.36. The summed E-state index contributed by atoms with van der Waals surface area (Å²) in [6, 6.07) is 7.88. The summed E-state index contributed by atoms with van der Waals surface area (Å²) in [7, 11) is 0. The van der Waals surface area contributed by atoms with Gasteiger partial charge in [-0.3, -0.25) is 4.79 Å². The zero-order valence-corrected chi connectivity index (χ0v) is 12.3. The molecule has 106 valence electrons. The van der Waals surface area contributed by atoms with Crippen molar-refractivity contribution >= 4 is 22.5 Å². The van der Waals surface area contributed by atoms with E-state index in [1.54, 1.807) is 6.92 Å². The Morgan fingerprint density at radius 2 is 2.00 bits per heavy atom. The van der Waals surface area contributed by atoms with Gasteiger partial charge in [-0.15, -0.1) is 0 Å². The van der Waals surface area contributed by atoms with Gasteiger partial charge in [0.05, 0.1) is 17.1 Å². The first-order chi connectivity index (χ1) is 10.1. The van der Waals surface area contributed by atoms with Crippen molar-refractivity contribution in [3.8, 4) is 6.07 Å². The number of Topliss-reactive ketones (excluding diaryl/α,β-unsaturated/α-hetero) is 1. The lowest BCUT2D eigenvalue weighted by Crippen LogP contribution is -2.19. The number of nitrogens with zero attached hydrogens (tertiary/aromatic N) is 3. The van der Waals surface area contributed by atoms with Crippen LogP contribution in [0.25, 0.3) is 10.9 Å². The van der Waals surface area contributed by atoms with E-state index in [4.69, 9.17) is 0 Å². The third-order valence-corrected chi connectivity index (χ3v) is 3.97. The van der Waals surface area contributed by atoms with Crippen LogP contribution in [0.4, 0.5) is 5.82 Å². The molecule has 1 aromatic heterocycles. The van der Waals surface area contributed by atoms with E-state index in [9.17, 15) is 10.1 Å².